The topological polar surface area (TPSA) is 107 Å². The van der Waals surface area contributed by atoms with Gasteiger partial charge in [0.1, 0.15) is 0 Å². The molecule has 94 valence electrons. The smallest absolute Gasteiger partial charge is 1.00 e. The van der Waals surface area contributed by atoms with Crippen molar-refractivity contribution in [1.82, 2.24) is 19.7 Å². The number of hydrogen-bond acceptors (Lipinski definition) is 5. The summed E-state index contributed by atoms with van der Waals surface area (Å²) in [5.74, 6) is -0.836. The van der Waals surface area contributed by atoms with Crippen LogP contribution < -0.4 is 57.1 Å². The van der Waals surface area contributed by atoms with Crippen molar-refractivity contribution in [3.63, 3.8) is 0 Å². The van der Waals surface area contributed by atoms with Gasteiger partial charge < -0.3 is 12.3 Å². The van der Waals surface area contributed by atoms with Gasteiger partial charge in [0.25, 0.3) is 0 Å². The summed E-state index contributed by atoms with van der Waals surface area (Å²) in [5.41, 5.74) is 8.78. The molecule has 19 heavy (non-hydrogen) atoms. The number of hydrogen-bond donors (Lipinski definition) is 2. The minimum atomic E-state index is -1.02. The van der Waals surface area contributed by atoms with E-state index in [2.05, 4.69) is 15.1 Å². The van der Waals surface area contributed by atoms with Crippen molar-refractivity contribution in [2.45, 2.75) is 12.8 Å². The quantitative estimate of drug-likeness (QED) is 0.555. The van der Waals surface area contributed by atoms with Crippen molar-refractivity contribution in [2.24, 2.45) is 7.05 Å². The van der Waals surface area contributed by atoms with Crippen LogP contribution in [0.1, 0.15) is 23.0 Å². The van der Waals surface area contributed by atoms with Crippen LogP contribution in [0.5, 0.6) is 0 Å². The van der Waals surface area contributed by atoms with Crippen molar-refractivity contribution in [3.8, 4) is 11.4 Å². The van der Waals surface area contributed by atoms with Gasteiger partial charge in [-0.1, -0.05) is 0 Å². The van der Waals surface area contributed by atoms with Gasteiger partial charge in [-0.15, -0.1) is 0 Å². The Labute approximate surface area is 153 Å². The molecule has 0 unspecified atom stereocenters. The van der Waals surface area contributed by atoms with Gasteiger partial charge in [-0.25, -0.2) is 14.8 Å². The van der Waals surface area contributed by atoms with Gasteiger partial charge in [-0.05, 0) is 18.4 Å². The third-order valence-corrected chi connectivity index (χ3v) is 3.10. The molecule has 0 spiro atoms. The molecule has 1 aliphatic carbocycles. The SMILES string of the molecule is Cn1nc(C(=O)O)c2c1-c1nc(N)ncc1CC2.[H-].[K+]. The van der Waals surface area contributed by atoms with Crippen LogP contribution in [0.15, 0.2) is 6.20 Å². The molecule has 0 saturated heterocycles. The second kappa shape index (κ2) is 5.29. The number of fused-ring (bicyclic) bond motifs is 3. The molecule has 0 aromatic carbocycles. The van der Waals surface area contributed by atoms with E-state index in [9.17, 15) is 4.79 Å². The Morgan fingerprint density at radius 1 is 1.53 bits per heavy atom. The van der Waals surface area contributed by atoms with E-state index in [0.29, 0.717) is 18.5 Å². The van der Waals surface area contributed by atoms with E-state index < -0.39 is 5.97 Å². The van der Waals surface area contributed by atoms with Crippen molar-refractivity contribution >= 4 is 11.9 Å². The first-order valence-electron chi connectivity index (χ1n) is 5.49. The van der Waals surface area contributed by atoms with Crippen LogP contribution in [0, 0.1) is 0 Å². The fraction of sp³-hybridized carbons (Fsp3) is 0.273. The van der Waals surface area contributed by atoms with E-state index in [1.165, 1.54) is 0 Å². The van der Waals surface area contributed by atoms with Gasteiger partial charge >= 0.3 is 57.4 Å². The van der Waals surface area contributed by atoms with Crippen LogP contribution in [0.25, 0.3) is 11.4 Å². The maximum Gasteiger partial charge on any atom is 1.00 e. The molecule has 0 amide bonds. The summed E-state index contributed by atoms with van der Waals surface area (Å²) in [6.07, 6.45) is 3.02. The molecular weight excluding hydrogens is 273 g/mol. The summed E-state index contributed by atoms with van der Waals surface area (Å²) in [4.78, 5) is 19.3. The molecule has 0 fully saturated rings. The predicted molar refractivity (Wildman–Crippen MR) is 64.1 cm³/mol. The zero-order valence-electron chi connectivity index (χ0n) is 11.7. The molecule has 0 saturated carbocycles. The van der Waals surface area contributed by atoms with E-state index in [0.717, 1.165) is 16.8 Å². The number of carboxylic acid groups (broad SMARTS) is 1. The second-order valence-electron chi connectivity index (χ2n) is 4.21. The third kappa shape index (κ3) is 2.34. The Bertz CT molecular complexity index is 673. The van der Waals surface area contributed by atoms with Crippen LogP contribution >= 0.6 is 0 Å². The molecule has 1 aliphatic rings. The number of nitrogens with zero attached hydrogens (tertiary/aromatic N) is 4. The number of nitrogen functional groups attached to an aromatic ring is 1. The van der Waals surface area contributed by atoms with Gasteiger partial charge in [0, 0.05) is 18.8 Å². The first kappa shape index (κ1) is 14.6. The molecule has 3 N–H and O–H groups in total. The Hall–Kier alpha value is -0.804. The average Bonchev–Trinajstić information content (AvgIpc) is 2.67. The standard InChI is InChI=1S/C11H11N5O2.K.H/c1-16-9-6(8(15-16)10(17)18)3-2-5-4-13-11(12)14-7(5)9;;/h4H,2-3H2,1H3,(H,17,18)(H2,12,13,14);;/q;+1;-1. The van der Waals surface area contributed by atoms with E-state index in [1.54, 1.807) is 17.9 Å². The number of carboxylic acids is 1. The number of aryl methyl sites for hydroxylation is 2. The van der Waals surface area contributed by atoms with Crippen molar-refractivity contribution in [3.05, 3.63) is 23.0 Å². The number of anilines is 1. The summed E-state index contributed by atoms with van der Waals surface area (Å²) in [6.45, 7) is 0. The molecule has 3 rings (SSSR count). The summed E-state index contributed by atoms with van der Waals surface area (Å²) in [5, 5.41) is 13.2. The Morgan fingerprint density at radius 2 is 2.26 bits per heavy atom. The van der Waals surface area contributed by atoms with E-state index >= 15 is 0 Å². The van der Waals surface area contributed by atoms with E-state index in [1.807, 2.05) is 0 Å². The third-order valence-electron chi connectivity index (χ3n) is 3.10. The molecule has 2 aromatic heterocycles. The number of aromatic nitrogens is 4. The molecule has 0 bridgehead atoms. The molecule has 2 heterocycles. The molecule has 8 heteroatoms. The maximum absolute atomic E-state index is 11.1. The fourth-order valence-corrected chi connectivity index (χ4v) is 2.34. The van der Waals surface area contributed by atoms with Crippen LogP contribution in [0.4, 0.5) is 5.95 Å². The summed E-state index contributed by atoms with van der Waals surface area (Å²) in [6, 6.07) is 0. The van der Waals surface area contributed by atoms with Gasteiger partial charge in [-0.3, -0.25) is 4.68 Å². The van der Waals surface area contributed by atoms with E-state index in [4.69, 9.17) is 10.8 Å². The molecule has 0 aliphatic heterocycles. The maximum atomic E-state index is 11.1. The largest absolute Gasteiger partial charge is 1.00 e. The average molecular weight is 285 g/mol. The van der Waals surface area contributed by atoms with Gasteiger partial charge in [0.15, 0.2) is 5.69 Å². The monoisotopic (exact) mass is 285 g/mol. The number of aromatic carboxylic acids is 1. The molecule has 2 aromatic rings. The fourth-order valence-electron chi connectivity index (χ4n) is 2.34. The first-order chi connectivity index (χ1) is 8.58. The second-order valence-corrected chi connectivity index (χ2v) is 4.21. The minimum Gasteiger partial charge on any atom is -1.00 e. The summed E-state index contributed by atoms with van der Waals surface area (Å²) in [7, 11) is 1.71. The number of rotatable bonds is 1. The van der Waals surface area contributed by atoms with Gasteiger partial charge in [-0.2, -0.15) is 5.10 Å². The first-order valence-corrected chi connectivity index (χ1v) is 5.49. The van der Waals surface area contributed by atoms with Gasteiger partial charge in [0.2, 0.25) is 5.95 Å². The zero-order valence-corrected chi connectivity index (χ0v) is 13.8. The Kier molecular flexibility index (Phi) is 4.07. The van der Waals surface area contributed by atoms with E-state index in [-0.39, 0.29) is 64.5 Å². The summed E-state index contributed by atoms with van der Waals surface area (Å²) >= 11 is 0. The predicted octanol–water partition coefficient (Wildman–Crippen LogP) is -2.63. The Morgan fingerprint density at radius 3 is 2.95 bits per heavy atom. The molecule has 7 nitrogen and oxygen atoms in total. The van der Waals surface area contributed by atoms with Crippen LogP contribution in [0.3, 0.4) is 0 Å². The number of nitrogens with two attached hydrogens (primary N) is 1. The van der Waals surface area contributed by atoms with Crippen molar-refractivity contribution in [2.75, 3.05) is 5.73 Å². The van der Waals surface area contributed by atoms with Gasteiger partial charge in [0.05, 0.1) is 11.4 Å². The van der Waals surface area contributed by atoms with Crippen molar-refractivity contribution in [1.29, 1.82) is 0 Å². The van der Waals surface area contributed by atoms with Crippen LogP contribution in [0.2, 0.25) is 0 Å². The molecule has 0 atom stereocenters. The summed E-state index contributed by atoms with van der Waals surface area (Å²) < 4.78 is 1.54. The molecular formula is C11H12KN5O2. The Balaban J connectivity index is 0.000001000. The van der Waals surface area contributed by atoms with Crippen molar-refractivity contribution < 1.29 is 62.7 Å². The minimum absolute atomic E-state index is 0. The molecule has 0 radical (unpaired) electrons. The number of carbonyl (C=O) groups is 1. The van der Waals surface area contributed by atoms with Crippen LogP contribution in [-0.2, 0) is 19.9 Å². The normalized spacial score (nSPS) is 12.3. The van der Waals surface area contributed by atoms with Crippen LogP contribution in [-0.4, -0.2) is 30.8 Å². The zero-order chi connectivity index (χ0) is 12.9.